The van der Waals surface area contributed by atoms with E-state index in [2.05, 4.69) is 12.2 Å². The number of alkyl halides is 2. The molecule has 0 fully saturated rings. The van der Waals surface area contributed by atoms with Crippen LogP contribution in [-0.2, 0) is 13.1 Å². The van der Waals surface area contributed by atoms with Gasteiger partial charge in [-0.05, 0) is 38.6 Å². The lowest BCUT2D eigenvalue weighted by Gasteiger charge is -2.13. The van der Waals surface area contributed by atoms with Gasteiger partial charge in [-0.15, -0.1) is 0 Å². The molecule has 0 radical (unpaired) electrons. The highest BCUT2D eigenvalue weighted by Crippen LogP contribution is 2.16. The van der Waals surface area contributed by atoms with E-state index in [0.29, 0.717) is 13.1 Å². The van der Waals surface area contributed by atoms with E-state index >= 15 is 0 Å². The van der Waals surface area contributed by atoms with Gasteiger partial charge in [0.15, 0.2) is 0 Å². The first-order valence-corrected chi connectivity index (χ1v) is 6.28. The van der Waals surface area contributed by atoms with Crippen LogP contribution in [0.3, 0.4) is 0 Å². The zero-order valence-electron chi connectivity index (χ0n) is 11.3. The first-order chi connectivity index (χ1) is 8.52. The molecule has 0 unspecified atom stereocenters. The molecule has 1 aromatic rings. The molecule has 1 aromatic heterocycles. The second-order valence-electron chi connectivity index (χ2n) is 4.58. The average Bonchev–Trinajstić information content (AvgIpc) is 2.58. The normalized spacial score (nSPS) is 11.7. The molecule has 0 saturated heterocycles. The third kappa shape index (κ3) is 5.14. The number of aryl methyl sites for hydroxylation is 1. The molecule has 5 heteroatoms. The van der Waals surface area contributed by atoms with Crippen molar-refractivity contribution in [3.8, 4) is 0 Å². The van der Waals surface area contributed by atoms with Gasteiger partial charge < -0.3 is 9.73 Å². The lowest BCUT2D eigenvalue weighted by atomic mass is 10.2. The van der Waals surface area contributed by atoms with Gasteiger partial charge in [0.1, 0.15) is 11.5 Å². The molecule has 0 atom stereocenters. The Bertz CT molecular complexity index is 353. The third-order valence-electron chi connectivity index (χ3n) is 2.66. The molecule has 0 saturated carbocycles. The van der Waals surface area contributed by atoms with Crippen LogP contribution >= 0.6 is 0 Å². The SMILES string of the molecule is CCCNCc1oc(CN(C)CC(F)F)cc1C. The van der Waals surface area contributed by atoms with Gasteiger partial charge >= 0.3 is 0 Å². The molecule has 1 heterocycles. The lowest BCUT2D eigenvalue weighted by Crippen LogP contribution is -2.23. The molecule has 0 bridgehead atoms. The van der Waals surface area contributed by atoms with Crippen LogP contribution in [0.1, 0.15) is 30.4 Å². The Balaban J connectivity index is 2.49. The summed E-state index contributed by atoms with van der Waals surface area (Å²) in [6.45, 7) is 5.90. The molecule has 0 amide bonds. The first kappa shape index (κ1) is 15.1. The van der Waals surface area contributed by atoms with Gasteiger partial charge in [-0.1, -0.05) is 6.92 Å². The van der Waals surface area contributed by atoms with E-state index in [1.807, 2.05) is 13.0 Å². The van der Waals surface area contributed by atoms with Crippen molar-refractivity contribution in [3.63, 3.8) is 0 Å². The van der Waals surface area contributed by atoms with Crippen LogP contribution < -0.4 is 5.32 Å². The fourth-order valence-electron chi connectivity index (χ4n) is 1.79. The minimum absolute atomic E-state index is 0.233. The van der Waals surface area contributed by atoms with Gasteiger partial charge in [-0.25, -0.2) is 8.78 Å². The van der Waals surface area contributed by atoms with Crippen LogP contribution in [0.2, 0.25) is 0 Å². The maximum atomic E-state index is 12.2. The molecule has 0 aliphatic rings. The molecule has 0 aromatic carbocycles. The zero-order chi connectivity index (χ0) is 13.5. The van der Waals surface area contributed by atoms with Crippen LogP contribution in [0.15, 0.2) is 10.5 Å². The second-order valence-corrected chi connectivity index (χ2v) is 4.58. The van der Waals surface area contributed by atoms with Crippen molar-refractivity contribution in [3.05, 3.63) is 23.2 Å². The van der Waals surface area contributed by atoms with Crippen molar-refractivity contribution >= 4 is 0 Å². The number of furan rings is 1. The molecule has 18 heavy (non-hydrogen) atoms. The highest BCUT2D eigenvalue weighted by atomic mass is 19.3. The Hall–Kier alpha value is -0.940. The van der Waals surface area contributed by atoms with Crippen molar-refractivity contribution in [2.45, 2.75) is 39.8 Å². The number of hydrogen-bond donors (Lipinski definition) is 1. The molecule has 1 N–H and O–H groups in total. The Morgan fingerprint density at radius 2 is 2.17 bits per heavy atom. The molecule has 104 valence electrons. The summed E-state index contributed by atoms with van der Waals surface area (Å²) in [5.74, 6) is 1.63. The van der Waals surface area contributed by atoms with Crippen LogP contribution in [0.25, 0.3) is 0 Å². The van der Waals surface area contributed by atoms with Crippen molar-refractivity contribution < 1.29 is 13.2 Å². The third-order valence-corrected chi connectivity index (χ3v) is 2.66. The van der Waals surface area contributed by atoms with Gasteiger partial charge in [0, 0.05) is 0 Å². The molecule has 0 aliphatic heterocycles. The highest BCUT2D eigenvalue weighted by Gasteiger charge is 2.12. The first-order valence-electron chi connectivity index (χ1n) is 6.28. The summed E-state index contributed by atoms with van der Waals surface area (Å²) >= 11 is 0. The predicted molar refractivity (Wildman–Crippen MR) is 67.8 cm³/mol. The lowest BCUT2D eigenvalue weighted by molar-refractivity contribution is 0.0944. The van der Waals surface area contributed by atoms with Crippen LogP contribution in [-0.4, -0.2) is 31.5 Å². The van der Waals surface area contributed by atoms with Gasteiger partial charge in [0.05, 0.1) is 19.6 Å². The molecular formula is C13H22F2N2O. The predicted octanol–water partition coefficient (Wildman–Crippen LogP) is 2.78. The average molecular weight is 260 g/mol. The van der Waals surface area contributed by atoms with Gasteiger partial charge in [-0.3, -0.25) is 4.90 Å². The summed E-state index contributed by atoms with van der Waals surface area (Å²) in [4.78, 5) is 1.56. The molecule has 0 aliphatic carbocycles. The minimum Gasteiger partial charge on any atom is -0.463 e. The van der Waals surface area contributed by atoms with E-state index in [9.17, 15) is 8.78 Å². The summed E-state index contributed by atoms with van der Waals surface area (Å²) < 4.78 is 30.1. The Kier molecular flexibility index (Phi) is 6.29. The number of hydrogen-bond acceptors (Lipinski definition) is 3. The number of nitrogens with zero attached hydrogens (tertiary/aromatic N) is 1. The summed E-state index contributed by atoms with van der Waals surface area (Å²) in [6.07, 6.45) is -1.24. The number of nitrogens with one attached hydrogen (secondary N) is 1. The van der Waals surface area contributed by atoms with Crippen molar-refractivity contribution in [1.82, 2.24) is 10.2 Å². The quantitative estimate of drug-likeness (QED) is 0.729. The summed E-state index contributed by atoms with van der Waals surface area (Å²) in [6, 6.07) is 1.92. The number of halogens is 2. The summed E-state index contributed by atoms with van der Waals surface area (Å²) in [5, 5.41) is 3.26. The number of rotatable bonds is 8. The topological polar surface area (TPSA) is 28.4 Å². The summed E-state index contributed by atoms with van der Waals surface area (Å²) in [5.41, 5.74) is 1.07. The fraction of sp³-hybridized carbons (Fsp3) is 0.692. The minimum atomic E-state index is -2.31. The molecule has 0 spiro atoms. The van der Waals surface area contributed by atoms with Gasteiger partial charge in [0.2, 0.25) is 0 Å². The maximum absolute atomic E-state index is 12.2. The maximum Gasteiger partial charge on any atom is 0.251 e. The molecular weight excluding hydrogens is 238 g/mol. The van der Waals surface area contributed by atoms with E-state index in [-0.39, 0.29) is 6.54 Å². The van der Waals surface area contributed by atoms with E-state index in [1.165, 1.54) is 0 Å². The molecule has 1 rings (SSSR count). The van der Waals surface area contributed by atoms with Gasteiger partial charge in [-0.2, -0.15) is 0 Å². The monoisotopic (exact) mass is 260 g/mol. The Morgan fingerprint density at radius 3 is 2.78 bits per heavy atom. The van der Waals surface area contributed by atoms with Crippen LogP contribution in [0.5, 0.6) is 0 Å². The van der Waals surface area contributed by atoms with E-state index in [1.54, 1.807) is 11.9 Å². The Morgan fingerprint density at radius 1 is 1.44 bits per heavy atom. The largest absolute Gasteiger partial charge is 0.463 e. The van der Waals surface area contributed by atoms with Crippen LogP contribution in [0, 0.1) is 6.92 Å². The van der Waals surface area contributed by atoms with Crippen molar-refractivity contribution in [1.29, 1.82) is 0 Å². The Labute approximate surface area is 107 Å². The second kappa shape index (κ2) is 7.48. The van der Waals surface area contributed by atoms with E-state index < -0.39 is 6.43 Å². The van der Waals surface area contributed by atoms with Crippen molar-refractivity contribution in [2.24, 2.45) is 0 Å². The standard InChI is InChI=1S/C13H22F2N2O/c1-4-5-16-7-12-10(2)6-11(18-12)8-17(3)9-13(14)15/h6,13,16H,4-5,7-9H2,1-3H3. The van der Waals surface area contributed by atoms with E-state index in [0.717, 1.165) is 30.0 Å². The van der Waals surface area contributed by atoms with Gasteiger partial charge in [0.25, 0.3) is 6.43 Å². The fourth-order valence-corrected chi connectivity index (χ4v) is 1.79. The zero-order valence-corrected chi connectivity index (χ0v) is 11.3. The smallest absolute Gasteiger partial charge is 0.251 e. The summed E-state index contributed by atoms with van der Waals surface area (Å²) in [7, 11) is 1.67. The highest BCUT2D eigenvalue weighted by molar-refractivity contribution is 5.20. The van der Waals surface area contributed by atoms with Crippen LogP contribution in [0.4, 0.5) is 8.78 Å². The van der Waals surface area contributed by atoms with Crippen molar-refractivity contribution in [2.75, 3.05) is 20.1 Å². The van der Waals surface area contributed by atoms with E-state index in [4.69, 9.17) is 4.42 Å². The molecule has 3 nitrogen and oxygen atoms in total.